The largest absolute Gasteiger partial charge is 0.451 e. The fraction of sp³-hybridized carbons (Fsp3) is 0.462. The third kappa shape index (κ3) is 4.60. The highest BCUT2D eigenvalue weighted by atomic mass is 35.5. The van der Waals surface area contributed by atoms with Crippen LogP contribution in [0.2, 0.25) is 15.2 Å². The van der Waals surface area contributed by atoms with E-state index in [2.05, 4.69) is 10.3 Å². The molecular formula is C13H14Cl3N3O4. The summed E-state index contributed by atoms with van der Waals surface area (Å²) in [7, 11) is 0. The van der Waals surface area contributed by atoms with Crippen LogP contribution in [0.25, 0.3) is 0 Å². The van der Waals surface area contributed by atoms with Gasteiger partial charge in [-0.1, -0.05) is 34.8 Å². The molecule has 2 rings (SSSR count). The number of halogens is 3. The van der Waals surface area contributed by atoms with Crippen LogP contribution in [0.5, 0.6) is 0 Å². The monoisotopic (exact) mass is 381 g/mol. The lowest BCUT2D eigenvalue weighted by Crippen LogP contribution is -2.34. The Morgan fingerprint density at radius 1 is 1.35 bits per heavy atom. The summed E-state index contributed by atoms with van der Waals surface area (Å²) >= 11 is 17.4. The quantitative estimate of drug-likeness (QED) is 0.597. The predicted octanol–water partition coefficient (Wildman–Crippen LogP) is 2.08. The van der Waals surface area contributed by atoms with Crippen molar-refractivity contribution in [1.29, 1.82) is 0 Å². The number of hydrogen-bond donors (Lipinski definition) is 2. The molecule has 0 spiro atoms. The van der Waals surface area contributed by atoms with E-state index in [0.29, 0.717) is 13.2 Å². The van der Waals surface area contributed by atoms with Crippen molar-refractivity contribution in [2.75, 3.05) is 25.5 Å². The molecule has 126 valence electrons. The van der Waals surface area contributed by atoms with Gasteiger partial charge in [-0.3, -0.25) is 4.79 Å². The Labute approximate surface area is 147 Å². The van der Waals surface area contributed by atoms with Gasteiger partial charge in [0.1, 0.15) is 5.02 Å². The first kappa shape index (κ1) is 18.1. The van der Waals surface area contributed by atoms with E-state index in [4.69, 9.17) is 50.0 Å². The molecule has 0 bridgehead atoms. The smallest absolute Gasteiger partial charge is 0.359 e. The zero-order chi connectivity index (χ0) is 17.0. The average molecular weight is 383 g/mol. The highest BCUT2D eigenvalue weighted by molar-refractivity contribution is 6.46. The van der Waals surface area contributed by atoms with Crippen molar-refractivity contribution in [2.45, 2.75) is 18.9 Å². The van der Waals surface area contributed by atoms with Crippen molar-refractivity contribution < 1.29 is 19.1 Å². The van der Waals surface area contributed by atoms with Gasteiger partial charge in [-0.15, -0.1) is 0 Å². The number of anilines is 1. The maximum Gasteiger partial charge on any atom is 0.359 e. The Morgan fingerprint density at radius 3 is 2.74 bits per heavy atom. The summed E-state index contributed by atoms with van der Waals surface area (Å²) in [5, 5.41) is 2.20. The number of nitrogens with one attached hydrogen (secondary N) is 1. The molecule has 1 aromatic heterocycles. The van der Waals surface area contributed by atoms with Gasteiger partial charge in [-0.2, -0.15) is 0 Å². The molecule has 23 heavy (non-hydrogen) atoms. The predicted molar refractivity (Wildman–Crippen MR) is 85.9 cm³/mol. The van der Waals surface area contributed by atoms with E-state index in [9.17, 15) is 9.59 Å². The molecule has 1 atom stereocenters. The van der Waals surface area contributed by atoms with Crippen LogP contribution < -0.4 is 11.1 Å². The topological polar surface area (TPSA) is 104 Å². The van der Waals surface area contributed by atoms with Crippen molar-refractivity contribution in [3.63, 3.8) is 0 Å². The van der Waals surface area contributed by atoms with E-state index in [0.717, 1.165) is 12.8 Å². The normalized spacial score (nSPS) is 17.1. The number of nitrogens with two attached hydrogens (primary N) is 1. The molecule has 7 nitrogen and oxygen atoms in total. The third-order valence-corrected chi connectivity index (χ3v) is 4.29. The van der Waals surface area contributed by atoms with Crippen molar-refractivity contribution >= 4 is 52.4 Å². The van der Waals surface area contributed by atoms with Gasteiger partial charge < -0.3 is 20.5 Å². The highest BCUT2D eigenvalue weighted by Crippen LogP contribution is 2.34. The lowest BCUT2D eigenvalue weighted by atomic mass is 10.2. The number of nitrogen functional groups attached to an aromatic ring is 1. The van der Waals surface area contributed by atoms with Gasteiger partial charge in [-0.05, 0) is 12.8 Å². The molecule has 1 amide bonds. The fourth-order valence-corrected chi connectivity index (χ4v) is 2.54. The first-order valence-corrected chi connectivity index (χ1v) is 7.89. The number of aromatic nitrogens is 1. The number of ether oxygens (including phenoxy) is 2. The molecule has 1 saturated heterocycles. The summed E-state index contributed by atoms with van der Waals surface area (Å²) in [4.78, 5) is 27.3. The van der Waals surface area contributed by atoms with Crippen molar-refractivity contribution in [2.24, 2.45) is 0 Å². The van der Waals surface area contributed by atoms with Gasteiger partial charge in [-0.25, -0.2) is 9.78 Å². The van der Waals surface area contributed by atoms with Crippen LogP contribution in [-0.2, 0) is 14.3 Å². The van der Waals surface area contributed by atoms with E-state index in [1.807, 2.05) is 0 Å². The van der Waals surface area contributed by atoms with Crippen LogP contribution in [0.3, 0.4) is 0 Å². The molecule has 3 N–H and O–H groups in total. The molecule has 1 aliphatic heterocycles. The number of amides is 1. The molecule has 0 saturated carbocycles. The van der Waals surface area contributed by atoms with Crippen molar-refractivity contribution in [1.82, 2.24) is 10.3 Å². The summed E-state index contributed by atoms with van der Waals surface area (Å²) < 4.78 is 10.2. The van der Waals surface area contributed by atoms with Crippen LogP contribution in [0.4, 0.5) is 5.69 Å². The number of rotatable bonds is 5. The van der Waals surface area contributed by atoms with Crippen LogP contribution >= 0.6 is 34.8 Å². The lowest BCUT2D eigenvalue weighted by molar-refractivity contribution is -0.124. The maximum atomic E-state index is 11.9. The van der Waals surface area contributed by atoms with Crippen LogP contribution in [0, 0.1) is 0 Å². The molecule has 0 unspecified atom stereocenters. The Kier molecular flexibility index (Phi) is 6.29. The second-order valence-corrected chi connectivity index (χ2v) is 5.92. The van der Waals surface area contributed by atoms with Gasteiger partial charge in [0.2, 0.25) is 0 Å². The first-order valence-electron chi connectivity index (χ1n) is 6.75. The first-order chi connectivity index (χ1) is 10.9. The summed E-state index contributed by atoms with van der Waals surface area (Å²) in [6.45, 7) is 0.581. The van der Waals surface area contributed by atoms with Crippen LogP contribution in [0.1, 0.15) is 23.3 Å². The molecule has 1 aromatic rings. The minimum atomic E-state index is -0.924. The highest BCUT2D eigenvalue weighted by Gasteiger charge is 2.22. The molecule has 1 aliphatic rings. The van der Waals surface area contributed by atoms with Gasteiger partial charge in [0.15, 0.2) is 17.5 Å². The number of esters is 1. The number of carbonyl (C=O) groups is 2. The number of carbonyl (C=O) groups excluding carboxylic acids is 2. The standard InChI is InChI=1S/C13H14Cl3N3O4/c14-8-10(17)9(15)12(16)19-11(8)13(21)23-5-7(20)18-4-6-2-1-3-22-6/h6H,1-5H2,(H2,17,19)(H,18,20)/t6-/m1/s1. The minimum absolute atomic E-state index is 0.000586. The second-order valence-electron chi connectivity index (χ2n) is 4.81. The summed E-state index contributed by atoms with van der Waals surface area (Å²) in [6, 6.07) is 0. The Morgan fingerprint density at radius 2 is 2.09 bits per heavy atom. The Balaban J connectivity index is 1.88. The Bertz CT molecular complexity index is 621. The van der Waals surface area contributed by atoms with Gasteiger partial charge >= 0.3 is 5.97 Å². The second kappa shape index (κ2) is 8.01. The minimum Gasteiger partial charge on any atom is -0.451 e. The van der Waals surface area contributed by atoms with E-state index in [-0.39, 0.29) is 32.7 Å². The van der Waals surface area contributed by atoms with E-state index in [1.165, 1.54) is 0 Å². The zero-order valence-electron chi connectivity index (χ0n) is 11.9. The zero-order valence-corrected chi connectivity index (χ0v) is 14.2. The van der Waals surface area contributed by atoms with Gasteiger partial charge in [0.05, 0.1) is 16.8 Å². The van der Waals surface area contributed by atoms with Crippen molar-refractivity contribution in [3.8, 4) is 0 Å². The van der Waals surface area contributed by atoms with E-state index in [1.54, 1.807) is 0 Å². The maximum absolute atomic E-state index is 11.9. The number of nitrogens with zero attached hydrogens (tertiary/aromatic N) is 1. The van der Waals surface area contributed by atoms with E-state index < -0.39 is 18.5 Å². The fourth-order valence-electron chi connectivity index (χ4n) is 1.95. The lowest BCUT2D eigenvalue weighted by Gasteiger charge is -2.11. The third-order valence-electron chi connectivity index (χ3n) is 3.15. The molecule has 2 heterocycles. The number of hydrogen-bond acceptors (Lipinski definition) is 6. The van der Waals surface area contributed by atoms with Gasteiger partial charge in [0.25, 0.3) is 5.91 Å². The van der Waals surface area contributed by atoms with Crippen LogP contribution in [-0.4, -0.2) is 42.7 Å². The molecule has 0 aliphatic carbocycles. The number of pyridine rings is 1. The SMILES string of the molecule is Nc1c(Cl)c(Cl)nc(C(=O)OCC(=O)NC[C@H]2CCCO2)c1Cl. The van der Waals surface area contributed by atoms with E-state index >= 15 is 0 Å². The molecule has 10 heteroatoms. The summed E-state index contributed by atoms with van der Waals surface area (Å²) in [6.07, 6.45) is 1.86. The molecular weight excluding hydrogens is 369 g/mol. The van der Waals surface area contributed by atoms with Crippen molar-refractivity contribution in [3.05, 3.63) is 20.9 Å². The molecule has 0 radical (unpaired) electrons. The van der Waals surface area contributed by atoms with Crippen LogP contribution in [0.15, 0.2) is 0 Å². The van der Waals surface area contributed by atoms with Gasteiger partial charge in [0, 0.05) is 13.2 Å². The summed E-state index contributed by atoms with van der Waals surface area (Å²) in [5.74, 6) is -1.38. The summed E-state index contributed by atoms with van der Waals surface area (Å²) in [5.41, 5.74) is 5.22. The average Bonchev–Trinajstić information content (AvgIpc) is 3.05. The molecule has 0 aromatic carbocycles. The Hall–Kier alpha value is -1.28. The molecule has 1 fully saturated rings.